The van der Waals surface area contributed by atoms with Crippen molar-refractivity contribution in [3.05, 3.63) is 0 Å². The Morgan fingerprint density at radius 3 is 2.25 bits per heavy atom. The molecule has 0 atom stereocenters. The highest BCUT2D eigenvalue weighted by Crippen LogP contribution is 2.48. The van der Waals surface area contributed by atoms with Crippen molar-refractivity contribution in [2.24, 2.45) is 5.41 Å². The second kappa shape index (κ2) is 2.21. The highest BCUT2D eigenvalue weighted by Gasteiger charge is 2.59. The molecule has 0 amide bonds. The highest BCUT2D eigenvalue weighted by molar-refractivity contribution is 6.02. The molecule has 0 unspecified atom stereocenters. The van der Waals surface area contributed by atoms with Crippen LogP contribution in [0.1, 0.15) is 25.7 Å². The maximum atomic E-state index is 11.2. The average molecular weight is 170 g/mol. The first-order valence-electron chi connectivity index (χ1n) is 4.10. The molecule has 4 nitrogen and oxygen atoms in total. The molecule has 0 aromatic heterocycles. The first kappa shape index (κ1) is 7.58. The van der Waals surface area contributed by atoms with Crippen molar-refractivity contribution < 1.29 is 19.4 Å². The van der Waals surface area contributed by atoms with Crippen LogP contribution in [0, 0.1) is 5.41 Å². The smallest absolute Gasteiger partial charge is 0.323 e. The second-order valence-corrected chi connectivity index (χ2v) is 3.49. The Morgan fingerprint density at radius 2 is 1.92 bits per heavy atom. The summed E-state index contributed by atoms with van der Waals surface area (Å²) in [5.41, 5.74) is -1.16. The molecule has 2 saturated carbocycles. The first-order chi connectivity index (χ1) is 5.65. The fourth-order valence-corrected chi connectivity index (χ4v) is 1.08. The van der Waals surface area contributed by atoms with E-state index < -0.39 is 17.4 Å². The van der Waals surface area contributed by atoms with Crippen LogP contribution in [0.25, 0.3) is 0 Å². The molecule has 1 N–H and O–H groups in total. The Labute approximate surface area is 69.5 Å². The van der Waals surface area contributed by atoms with E-state index in [0.717, 1.165) is 12.8 Å². The molecule has 0 heterocycles. The Balaban J connectivity index is 1.97. The SMILES string of the molecule is O=C(O)C1(C(=O)OC2CC2)CC1. The van der Waals surface area contributed by atoms with Crippen molar-refractivity contribution in [3.63, 3.8) is 0 Å². The van der Waals surface area contributed by atoms with Gasteiger partial charge in [-0.1, -0.05) is 0 Å². The molecular formula is C8H10O4. The lowest BCUT2D eigenvalue weighted by Gasteiger charge is -2.08. The Morgan fingerprint density at radius 1 is 1.33 bits per heavy atom. The van der Waals surface area contributed by atoms with E-state index in [4.69, 9.17) is 9.84 Å². The van der Waals surface area contributed by atoms with Crippen molar-refractivity contribution in [1.82, 2.24) is 0 Å². The fraction of sp³-hybridized carbons (Fsp3) is 0.750. The van der Waals surface area contributed by atoms with Gasteiger partial charge in [-0.05, 0) is 25.7 Å². The number of carboxylic acid groups (broad SMARTS) is 1. The first-order valence-corrected chi connectivity index (χ1v) is 4.10. The predicted octanol–water partition coefficient (Wildman–Crippen LogP) is 0.557. The van der Waals surface area contributed by atoms with Gasteiger partial charge in [0.05, 0.1) is 0 Å². The van der Waals surface area contributed by atoms with E-state index in [-0.39, 0.29) is 6.10 Å². The zero-order chi connectivity index (χ0) is 8.77. The lowest BCUT2D eigenvalue weighted by molar-refractivity contribution is -0.161. The molecule has 2 fully saturated rings. The van der Waals surface area contributed by atoms with Gasteiger partial charge in [0.25, 0.3) is 0 Å². The van der Waals surface area contributed by atoms with Gasteiger partial charge in [0, 0.05) is 0 Å². The molecule has 0 aromatic carbocycles. The van der Waals surface area contributed by atoms with Crippen molar-refractivity contribution in [3.8, 4) is 0 Å². The minimum absolute atomic E-state index is 0.00863. The van der Waals surface area contributed by atoms with E-state index in [1.807, 2.05) is 0 Å². The van der Waals surface area contributed by atoms with Crippen LogP contribution in [0.5, 0.6) is 0 Å². The van der Waals surface area contributed by atoms with Gasteiger partial charge in [-0.25, -0.2) is 0 Å². The summed E-state index contributed by atoms with van der Waals surface area (Å²) in [4.78, 5) is 21.8. The van der Waals surface area contributed by atoms with Gasteiger partial charge < -0.3 is 9.84 Å². The van der Waals surface area contributed by atoms with Crippen LogP contribution >= 0.6 is 0 Å². The third-order valence-electron chi connectivity index (χ3n) is 2.35. The quantitative estimate of drug-likeness (QED) is 0.496. The van der Waals surface area contributed by atoms with E-state index in [9.17, 15) is 9.59 Å². The van der Waals surface area contributed by atoms with Crippen LogP contribution in [-0.4, -0.2) is 23.1 Å². The number of carbonyl (C=O) groups excluding carboxylic acids is 1. The van der Waals surface area contributed by atoms with Crippen molar-refractivity contribution in [2.45, 2.75) is 31.8 Å². The van der Waals surface area contributed by atoms with E-state index in [0.29, 0.717) is 12.8 Å². The van der Waals surface area contributed by atoms with Gasteiger partial charge >= 0.3 is 11.9 Å². The van der Waals surface area contributed by atoms with Crippen LogP contribution in [0.2, 0.25) is 0 Å². The normalized spacial score (nSPS) is 24.7. The van der Waals surface area contributed by atoms with Crippen molar-refractivity contribution in [2.75, 3.05) is 0 Å². The van der Waals surface area contributed by atoms with Crippen LogP contribution in [0.3, 0.4) is 0 Å². The molecule has 66 valence electrons. The number of esters is 1. The topological polar surface area (TPSA) is 63.6 Å². The maximum absolute atomic E-state index is 11.2. The molecule has 0 aliphatic heterocycles. The summed E-state index contributed by atoms with van der Waals surface area (Å²) in [6, 6.07) is 0. The fourth-order valence-electron chi connectivity index (χ4n) is 1.08. The average Bonchev–Trinajstić information content (AvgIpc) is 2.83. The summed E-state index contributed by atoms with van der Waals surface area (Å²) in [5.74, 6) is -1.56. The molecule has 0 spiro atoms. The van der Waals surface area contributed by atoms with Crippen LogP contribution in [-0.2, 0) is 14.3 Å². The lowest BCUT2D eigenvalue weighted by Crippen LogP contribution is -2.28. The summed E-state index contributed by atoms with van der Waals surface area (Å²) in [7, 11) is 0. The highest BCUT2D eigenvalue weighted by atomic mass is 16.6. The zero-order valence-corrected chi connectivity index (χ0v) is 6.58. The van der Waals surface area contributed by atoms with E-state index in [1.165, 1.54) is 0 Å². The number of hydrogen-bond acceptors (Lipinski definition) is 3. The Kier molecular flexibility index (Phi) is 1.40. The molecule has 0 saturated heterocycles. The molecule has 2 aliphatic rings. The molecular weight excluding hydrogens is 160 g/mol. The van der Waals surface area contributed by atoms with E-state index in [1.54, 1.807) is 0 Å². The third-order valence-corrected chi connectivity index (χ3v) is 2.35. The van der Waals surface area contributed by atoms with Gasteiger partial charge in [0.15, 0.2) is 5.41 Å². The van der Waals surface area contributed by atoms with E-state index >= 15 is 0 Å². The molecule has 0 aromatic rings. The largest absolute Gasteiger partial charge is 0.480 e. The summed E-state index contributed by atoms with van der Waals surface area (Å²) in [6.07, 6.45) is 2.67. The van der Waals surface area contributed by atoms with Crippen molar-refractivity contribution in [1.29, 1.82) is 0 Å². The number of carboxylic acids is 1. The minimum Gasteiger partial charge on any atom is -0.480 e. The maximum Gasteiger partial charge on any atom is 0.323 e. The van der Waals surface area contributed by atoms with Gasteiger partial charge in [0.1, 0.15) is 6.10 Å². The van der Waals surface area contributed by atoms with Crippen LogP contribution in [0.15, 0.2) is 0 Å². The second-order valence-electron chi connectivity index (χ2n) is 3.49. The molecule has 12 heavy (non-hydrogen) atoms. The molecule has 4 heteroatoms. The molecule has 2 rings (SSSR count). The lowest BCUT2D eigenvalue weighted by atomic mass is 10.1. The number of aliphatic carboxylic acids is 1. The molecule has 0 bridgehead atoms. The summed E-state index contributed by atoms with van der Waals surface area (Å²) >= 11 is 0. The molecule has 2 aliphatic carbocycles. The van der Waals surface area contributed by atoms with Gasteiger partial charge in [-0.15, -0.1) is 0 Å². The van der Waals surface area contributed by atoms with Crippen LogP contribution < -0.4 is 0 Å². The monoisotopic (exact) mass is 170 g/mol. The summed E-state index contributed by atoms with van der Waals surface area (Å²) < 4.78 is 4.93. The number of rotatable bonds is 3. The van der Waals surface area contributed by atoms with Gasteiger partial charge in [0.2, 0.25) is 0 Å². The van der Waals surface area contributed by atoms with E-state index in [2.05, 4.69) is 0 Å². The van der Waals surface area contributed by atoms with Crippen molar-refractivity contribution >= 4 is 11.9 Å². The zero-order valence-electron chi connectivity index (χ0n) is 6.58. The summed E-state index contributed by atoms with van der Waals surface area (Å²) in [6.45, 7) is 0. The Hall–Kier alpha value is -1.06. The summed E-state index contributed by atoms with van der Waals surface area (Å²) in [5, 5.41) is 8.71. The van der Waals surface area contributed by atoms with Gasteiger partial charge in [-0.3, -0.25) is 9.59 Å². The van der Waals surface area contributed by atoms with Gasteiger partial charge in [-0.2, -0.15) is 0 Å². The third kappa shape index (κ3) is 1.07. The number of carbonyl (C=O) groups is 2. The minimum atomic E-state index is -1.16. The Bertz CT molecular complexity index is 237. The number of ether oxygens (including phenoxy) is 1. The van der Waals surface area contributed by atoms with Crippen LogP contribution in [0.4, 0.5) is 0 Å². The number of hydrogen-bond donors (Lipinski definition) is 1. The standard InChI is InChI=1S/C8H10O4/c9-6(10)8(3-4-8)7(11)12-5-1-2-5/h5H,1-4H2,(H,9,10). The predicted molar refractivity (Wildman–Crippen MR) is 38.4 cm³/mol. The molecule has 0 radical (unpaired) electrons.